The number of carbonyl (C=O) groups excluding carboxylic acids is 1. The molecule has 9 heteroatoms. The fraction of sp³-hybridized carbons (Fsp3) is 0.429. The largest absolute Gasteiger partial charge is 0.481 e. The molecule has 2 saturated heterocycles. The van der Waals surface area contributed by atoms with Gasteiger partial charge in [-0.1, -0.05) is 72.8 Å². The van der Waals surface area contributed by atoms with E-state index in [1.807, 2.05) is 72.8 Å². The van der Waals surface area contributed by atoms with Crippen molar-refractivity contribution >= 4 is 11.9 Å². The van der Waals surface area contributed by atoms with Gasteiger partial charge in [0, 0.05) is 44.6 Å². The Morgan fingerprint density at radius 2 is 1.73 bits per heavy atom. The minimum atomic E-state index is -0.991. The monoisotopic (exact) mass is 602 g/mol. The molecule has 44 heavy (non-hydrogen) atoms. The van der Waals surface area contributed by atoms with E-state index >= 15 is 0 Å². The predicted octanol–water partition coefficient (Wildman–Crippen LogP) is 4.98. The summed E-state index contributed by atoms with van der Waals surface area (Å²) in [7, 11) is 1.75. The van der Waals surface area contributed by atoms with Crippen LogP contribution in [0.4, 0.5) is 0 Å². The number of carboxylic acid groups (broad SMARTS) is 1. The summed E-state index contributed by atoms with van der Waals surface area (Å²) in [6.45, 7) is 2.87. The number of nitrogens with zero attached hydrogens (tertiary/aromatic N) is 1. The lowest BCUT2D eigenvalue weighted by Crippen LogP contribution is -2.42. The van der Waals surface area contributed by atoms with Crippen molar-refractivity contribution in [2.45, 2.75) is 69.8 Å². The number of aliphatic hydroxyl groups excluding tert-OH is 1. The summed E-state index contributed by atoms with van der Waals surface area (Å²) in [6, 6.07) is 24.3. The second-order valence-corrected chi connectivity index (χ2v) is 11.5. The van der Waals surface area contributed by atoms with Crippen LogP contribution in [0.25, 0.3) is 11.1 Å². The Kier molecular flexibility index (Phi) is 11.1. The number of likely N-dealkylation sites (tertiary alicyclic amines) is 1. The van der Waals surface area contributed by atoms with Crippen molar-refractivity contribution in [1.29, 1.82) is 0 Å². The summed E-state index contributed by atoms with van der Waals surface area (Å²) in [5.74, 6) is -1.28. The number of aliphatic hydroxyl groups is 1. The molecular formula is C35H42N2O7. The van der Waals surface area contributed by atoms with Crippen LogP contribution >= 0.6 is 0 Å². The van der Waals surface area contributed by atoms with E-state index < -0.39 is 12.3 Å². The molecule has 0 aliphatic carbocycles. The van der Waals surface area contributed by atoms with E-state index in [-0.39, 0.29) is 37.6 Å². The molecule has 3 aromatic rings. The fourth-order valence-corrected chi connectivity index (χ4v) is 6.09. The van der Waals surface area contributed by atoms with Gasteiger partial charge in [-0.2, -0.15) is 0 Å². The smallest absolute Gasteiger partial charge is 0.303 e. The number of aliphatic carboxylic acids is 1. The van der Waals surface area contributed by atoms with Crippen LogP contribution in [0.1, 0.15) is 66.8 Å². The number of carboxylic acids is 1. The molecule has 2 aliphatic rings. The van der Waals surface area contributed by atoms with Crippen LogP contribution in [-0.4, -0.2) is 65.9 Å². The SMILES string of the molecule is COC[C@@H]1CCCN1C[C@H]1C[C@@H](c2ccc(CO)cc2)O[C@@H](c2ccc(-c3ccccc3CNC(=O)CCC(=O)O)cc2)O1. The molecule has 0 saturated carbocycles. The zero-order chi connectivity index (χ0) is 30.9. The third-order valence-electron chi connectivity index (χ3n) is 8.46. The van der Waals surface area contributed by atoms with Gasteiger partial charge in [0.15, 0.2) is 6.29 Å². The third kappa shape index (κ3) is 8.31. The van der Waals surface area contributed by atoms with E-state index in [1.54, 1.807) is 7.11 Å². The highest BCUT2D eigenvalue weighted by Crippen LogP contribution is 2.39. The number of methoxy groups -OCH3 is 1. The van der Waals surface area contributed by atoms with Gasteiger partial charge >= 0.3 is 5.97 Å². The number of amides is 1. The van der Waals surface area contributed by atoms with Gasteiger partial charge in [0.05, 0.1) is 31.8 Å². The molecule has 0 bridgehead atoms. The van der Waals surface area contributed by atoms with E-state index in [0.717, 1.165) is 65.7 Å². The van der Waals surface area contributed by atoms with Crippen molar-refractivity contribution in [2.75, 3.05) is 26.8 Å². The van der Waals surface area contributed by atoms with Crippen molar-refractivity contribution in [3.63, 3.8) is 0 Å². The number of benzene rings is 3. The normalized spacial score (nSPS) is 22.1. The topological polar surface area (TPSA) is 118 Å². The highest BCUT2D eigenvalue weighted by atomic mass is 16.7. The van der Waals surface area contributed by atoms with Crippen LogP contribution in [0.2, 0.25) is 0 Å². The van der Waals surface area contributed by atoms with Gasteiger partial charge in [-0.3, -0.25) is 14.5 Å². The maximum atomic E-state index is 12.1. The molecule has 3 aromatic carbocycles. The lowest BCUT2D eigenvalue weighted by atomic mass is 9.97. The Balaban J connectivity index is 1.32. The Hall–Kier alpha value is -3.60. The molecule has 2 heterocycles. The first-order valence-corrected chi connectivity index (χ1v) is 15.3. The Bertz CT molecular complexity index is 1380. The van der Waals surface area contributed by atoms with Gasteiger partial charge in [0.1, 0.15) is 0 Å². The summed E-state index contributed by atoms with van der Waals surface area (Å²) >= 11 is 0. The Labute approximate surface area is 258 Å². The number of ether oxygens (including phenoxy) is 3. The molecule has 2 fully saturated rings. The fourth-order valence-electron chi connectivity index (χ4n) is 6.09. The number of hydrogen-bond donors (Lipinski definition) is 3. The first-order valence-electron chi connectivity index (χ1n) is 15.3. The minimum Gasteiger partial charge on any atom is -0.481 e. The molecule has 0 spiro atoms. The number of hydrogen-bond acceptors (Lipinski definition) is 7. The standard InChI is InChI=1S/C35H42N2O7/c1-42-23-29-6-4-18-37(29)21-30-19-32(26-10-8-24(22-38)9-11-26)44-35(43-30)27-14-12-25(13-15-27)31-7-3-2-5-28(31)20-36-33(39)16-17-34(40)41/h2-3,5,7-15,29-30,32,35,38H,4,6,16-23H2,1H3,(H,36,39)(H,40,41)/t29-,30+,32-,35-/m0/s1. The quantitative estimate of drug-likeness (QED) is 0.251. The van der Waals surface area contributed by atoms with Gasteiger partial charge in [-0.25, -0.2) is 0 Å². The lowest BCUT2D eigenvalue weighted by Gasteiger charge is -2.38. The van der Waals surface area contributed by atoms with Crippen LogP contribution in [0.15, 0.2) is 72.8 Å². The number of carbonyl (C=O) groups is 2. The summed E-state index contributed by atoms with van der Waals surface area (Å²) in [6.07, 6.45) is 2.04. The van der Waals surface area contributed by atoms with Crippen molar-refractivity contribution < 1.29 is 34.0 Å². The van der Waals surface area contributed by atoms with Crippen LogP contribution in [-0.2, 0) is 37.0 Å². The summed E-state index contributed by atoms with van der Waals surface area (Å²) in [5, 5.41) is 21.2. The zero-order valence-electron chi connectivity index (χ0n) is 25.2. The van der Waals surface area contributed by atoms with Crippen molar-refractivity contribution in [3.05, 3.63) is 95.1 Å². The van der Waals surface area contributed by atoms with Crippen LogP contribution in [0.3, 0.4) is 0 Å². The zero-order valence-corrected chi connectivity index (χ0v) is 25.2. The Morgan fingerprint density at radius 3 is 2.45 bits per heavy atom. The first kappa shape index (κ1) is 31.8. The second-order valence-electron chi connectivity index (χ2n) is 11.5. The van der Waals surface area contributed by atoms with Crippen molar-refractivity contribution in [2.24, 2.45) is 0 Å². The maximum absolute atomic E-state index is 12.1. The molecule has 0 aromatic heterocycles. The van der Waals surface area contributed by atoms with E-state index in [0.29, 0.717) is 19.2 Å². The average Bonchev–Trinajstić information content (AvgIpc) is 3.49. The van der Waals surface area contributed by atoms with Crippen molar-refractivity contribution in [3.8, 4) is 11.1 Å². The molecule has 9 nitrogen and oxygen atoms in total. The molecule has 4 atom stereocenters. The molecule has 1 amide bonds. The highest BCUT2D eigenvalue weighted by Gasteiger charge is 2.35. The van der Waals surface area contributed by atoms with E-state index in [4.69, 9.17) is 19.3 Å². The van der Waals surface area contributed by atoms with Gasteiger partial charge < -0.3 is 29.7 Å². The summed E-state index contributed by atoms with van der Waals surface area (Å²) in [4.78, 5) is 25.4. The predicted molar refractivity (Wildman–Crippen MR) is 165 cm³/mol. The van der Waals surface area contributed by atoms with E-state index in [9.17, 15) is 14.7 Å². The number of rotatable bonds is 13. The molecule has 0 radical (unpaired) electrons. The summed E-state index contributed by atoms with van der Waals surface area (Å²) in [5.41, 5.74) is 5.77. The highest BCUT2D eigenvalue weighted by molar-refractivity contribution is 5.80. The maximum Gasteiger partial charge on any atom is 0.303 e. The van der Waals surface area contributed by atoms with Gasteiger partial charge in [0.2, 0.25) is 5.91 Å². The molecule has 5 rings (SSSR count). The molecule has 3 N–H and O–H groups in total. The third-order valence-corrected chi connectivity index (χ3v) is 8.46. The van der Waals surface area contributed by atoms with Gasteiger partial charge in [-0.05, 0) is 47.2 Å². The van der Waals surface area contributed by atoms with Gasteiger partial charge in [0.25, 0.3) is 0 Å². The van der Waals surface area contributed by atoms with Crippen LogP contribution in [0, 0.1) is 0 Å². The minimum absolute atomic E-state index is 0.00256. The second kappa shape index (κ2) is 15.4. The molecular weight excluding hydrogens is 560 g/mol. The Morgan fingerprint density at radius 1 is 0.977 bits per heavy atom. The molecule has 2 aliphatic heterocycles. The number of nitrogens with one attached hydrogen (secondary N) is 1. The molecule has 0 unspecified atom stereocenters. The van der Waals surface area contributed by atoms with Gasteiger partial charge in [-0.15, -0.1) is 0 Å². The van der Waals surface area contributed by atoms with Crippen LogP contribution in [0.5, 0.6) is 0 Å². The molecule has 234 valence electrons. The first-order chi connectivity index (χ1) is 21.4. The van der Waals surface area contributed by atoms with Crippen LogP contribution < -0.4 is 5.32 Å². The average molecular weight is 603 g/mol. The summed E-state index contributed by atoms with van der Waals surface area (Å²) < 4.78 is 18.6. The van der Waals surface area contributed by atoms with Crippen molar-refractivity contribution in [1.82, 2.24) is 10.2 Å². The van der Waals surface area contributed by atoms with E-state index in [2.05, 4.69) is 10.2 Å². The van der Waals surface area contributed by atoms with E-state index in [1.165, 1.54) is 0 Å². The lowest BCUT2D eigenvalue weighted by molar-refractivity contribution is -0.253.